The largest absolute Gasteiger partial charge is 0.480 e. The number of carboxylic acid groups (broad SMARTS) is 1. The summed E-state index contributed by atoms with van der Waals surface area (Å²) in [6.45, 7) is 2.04. The number of nitrogens with one attached hydrogen (secondary N) is 1. The molecule has 1 heterocycles. The molecule has 0 aliphatic carbocycles. The average molecular weight is 230 g/mol. The number of hydrogen-bond donors (Lipinski definition) is 2. The molecule has 0 aromatic carbocycles. The molecule has 0 saturated carbocycles. The van der Waals surface area contributed by atoms with Crippen molar-refractivity contribution in [2.45, 2.75) is 31.3 Å². The van der Waals surface area contributed by atoms with Gasteiger partial charge in [-0.05, 0) is 26.4 Å². The Morgan fingerprint density at radius 2 is 2.38 bits per heavy atom. The Balaban J connectivity index is 2.32. The van der Waals surface area contributed by atoms with Gasteiger partial charge in [-0.15, -0.1) is 0 Å². The maximum Gasteiger partial charge on any atom is 0.323 e. The number of likely N-dealkylation sites (tertiary alicyclic amines) is 1. The lowest BCUT2D eigenvalue weighted by atomic mass is 10.0. The molecule has 16 heavy (non-hydrogen) atoms. The molecule has 2 atom stereocenters. The maximum absolute atomic E-state index is 10.9. The van der Waals surface area contributed by atoms with E-state index in [1.165, 1.54) is 20.0 Å². The Hall–Kier alpha value is -0.650. The molecule has 5 heteroatoms. The number of aliphatic carboxylic acids is 1. The van der Waals surface area contributed by atoms with Gasteiger partial charge in [0.25, 0.3) is 0 Å². The highest BCUT2D eigenvalue weighted by Gasteiger charge is 2.22. The SMILES string of the molecule is COCC(NCC1CCCCN1C)C(=O)O. The Kier molecular flexibility index (Phi) is 5.73. The molecule has 5 nitrogen and oxygen atoms in total. The van der Waals surface area contributed by atoms with Crippen LogP contribution in [0.15, 0.2) is 0 Å². The quantitative estimate of drug-likeness (QED) is 0.680. The smallest absolute Gasteiger partial charge is 0.323 e. The first kappa shape index (κ1) is 13.4. The molecule has 0 bridgehead atoms. The molecule has 0 amide bonds. The summed E-state index contributed by atoms with van der Waals surface area (Å²) >= 11 is 0. The van der Waals surface area contributed by atoms with E-state index in [1.807, 2.05) is 0 Å². The fraction of sp³-hybridized carbons (Fsp3) is 0.909. The predicted octanol–water partition coefficient (Wildman–Crippen LogP) is 0.160. The van der Waals surface area contributed by atoms with E-state index in [1.54, 1.807) is 0 Å². The number of carboxylic acids is 1. The van der Waals surface area contributed by atoms with Crippen LogP contribution in [0.3, 0.4) is 0 Å². The van der Waals surface area contributed by atoms with Crippen molar-refractivity contribution in [2.24, 2.45) is 0 Å². The van der Waals surface area contributed by atoms with Gasteiger partial charge in [0, 0.05) is 19.7 Å². The number of nitrogens with zero attached hydrogens (tertiary/aromatic N) is 1. The summed E-state index contributed by atoms with van der Waals surface area (Å²) < 4.78 is 4.88. The van der Waals surface area contributed by atoms with E-state index in [0.717, 1.165) is 19.5 Å². The highest BCUT2D eigenvalue weighted by molar-refractivity contribution is 5.73. The average Bonchev–Trinajstić information content (AvgIpc) is 2.26. The van der Waals surface area contributed by atoms with E-state index >= 15 is 0 Å². The molecule has 1 rings (SSSR count). The van der Waals surface area contributed by atoms with Crippen LogP contribution in [0.25, 0.3) is 0 Å². The third kappa shape index (κ3) is 4.08. The summed E-state index contributed by atoms with van der Waals surface area (Å²) in [5.74, 6) is -0.847. The second kappa shape index (κ2) is 6.83. The van der Waals surface area contributed by atoms with E-state index in [2.05, 4.69) is 17.3 Å². The molecule has 94 valence electrons. The zero-order chi connectivity index (χ0) is 12.0. The lowest BCUT2D eigenvalue weighted by Crippen LogP contribution is -2.49. The minimum atomic E-state index is -0.847. The minimum absolute atomic E-state index is 0.214. The predicted molar refractivity (Wildman–Crippen MR) is 61.6 cm³/mol. The lowest BCUT2D eigenvalue weighted by molar-refractivity contribution is -0.140. The minimum Gasteiger partial charge on any atom is -0.480 e. The van der Waals surface area contributed by atoms with Gasteiger partial charge in [-0.2, -0.15) is 0 Å². The topological polar surface area (TPSA) is 61.8 Å². The first-order valence-electron chi connectivity index (χ1n) is 5.80. The van der Waals surface area contributed by atoms with Crippen LogP contribution in [0.4, 0.5) is 0 Å². The van der Waals surface area contributed by atoms with E-state index < -0.39 is 12.0 Å². The Bertz CT molecular complexity index is 223. The number of rotatable bonds is 6. The molecule has 0 aromatic heterocycles. The van der Waals surface area contributed by atoms with Crippen molar-refractivity contribution in [3.8, 4) is 0 Å². The van der Waals surface area contributed by atoms with Crippen LogP contribution >= 0.6 is 0 Å². The second-order valence-electron chi connectivity index (χ2n) is 4.38. The number of piperidine rings is 1. The van der Waals surface area contributed by atoms with Crippen molar-refractivity contribution in [1.82, 2.24) is 10.2 Å². The first-order chi connectivity index (χ1) is 7.65. The summed E-state index contributed by atoms with van der Waals surface area (Å²) in [7, 11) is 3.61. The van der Waals surface area contributed by atoms with Crippen molar-refractivity contribution in [2.75, 3.05) is 33.9 Å². The van der Waals surface area contributed by atoms with Crippen LogP contribution in [0, 0.1) is 0 Å². The molecule has 0 spiro atoms. The van der Waals surface area contributed by atoms with E-state index in [9.17, 15) is 4.79 Å². The number of ether oxygens (including phenoxy) is 1. The van der Waals surface area contributed by atoms with Crippen molar-refractivity contribution >= 4 is 5.97 Å². The standard InChI is InChI=1S/C11H22N2O3/c1-13-6-4-3-5-9(13)7-12-10(8-16-2)11(14)15/h9-10,12H,3-8H2,1-2H3,(H,14,15). The van der Waals surface area contributed by atoms with Crippen molar-refractivity contribution in [3.05, 3.63) is 0 Å². The molecular formula is C11H22N2O3. The normalized spacial score (nSPS) is 24.2. The van der Waals surface area contributed by atoms with Crippen LogP contribution in [-0.4, -0.2) is 61.9 Å². The van der Waals surface area contributed by atoms with Crippen LogP contribution in [0.1, 0.15) is 19.3 Å². The number of carbonyl (C=O) groups is 1. The van der Waals surface area contributed by atoms with Crippen LogP contribution in [0.2, 0.25) is 0 Å². The third-order valence-electron chi connectivity index (χ3n) is 3.15. The molecule has 1 saturated heterocycles. The van der Waals surface area contributed by atoms with Gasteiger partial charge in [-0.25, -0.2) is 0 Å². The molecule has 1 fully saturated rings. The summed E-state index contributed by atoms with van der Waals surface area (Å²) in [5.41, 5.74) is 0. The van der Waals surface area contributed by atoms with E-state index in [4.69, 9.17) is 9.84 Å². The zero-order valence-corrected chi connectivity index (χ0v) is 10.1. The van der Waals surface area contributed by atoms with Gasteiger partial charge in [-0.1, -0.05) is 6.42 Å². The zero-order valence-electron chi connectivity index (χ0n) is 10.1. The molecular weight excluding hydrogens is 208 g/mol. The van der Waals surface area contributed by atoms with Gasteiger partial charge < -0.3 is 20.1 Å². The van der Waals surface area contributed by atoms with Crippen LogP contribution in [0.5, 0.6) is 0 Å². The highest BCUT2D eigenvalue weighted by Crippen LogP contribution is 2.14. The van der Waals surface area contributed by atoms with E-state index in [0.29, 0.717) is 6.04 Å². The van der Waals surface area contributed by atoms with Crippen LogP contribution < -0.4 is 5.32 Å². The summed E-state index contributed by atoms with van der Waals surface area (Å²) in [5, 5.41) is 12.0. The molecule has 0 radical (unpaired) electrons. The fourth-order valence-electron chi connectivity index (χ4n) is 2.06. The van der Waals surface area contributed by atoms with Crippen molar-refractivity contribution < 1.29 is 14.6 Å². The maximum atomic E-state index is 10.9. The third-order valence-corrected chi connectivity index (χ3v) is 3.15. The monoisotopic (exact) mass is 230 g/mol. The summed E-state index contributed by atoms with van der Waals surface area (Å²) in [4.78, 5) is 13.2. The van der Waals surface area contributed by atoms with Gasteiger partial charge >= 0.3 is 5.97 Å². The number of likely N-dealkylation sites (N-methyl/N-ethyl adjacent to an activating group) is 1. The van der Waals surface area contributed by atoms with E-state index in [-0.39, 0.29) is 6.61 Å². The Morgan fingerprint density at radius 3 is 2.94 bits per heavy atom. The molecule has 1 aliphatic heterocycles. The highest BCUT2D eigenvalue weighted by atomic mass is 16.5. The molecule has 0 aromatic rings. The first-order valence-corrected chi connectivity index (χ1v) is 5.80. The van der Waals surface area contributed by atoms with Crippen LogP contribution in [-0.2, 0) is 9.53 Å². The van der Waals surface area contributed by atoms with Gasteiger partial charge in [0.05, 0.1) is 6.61 Å². The summed E-state index contributed by atoms with van der Waals surface area (Å²) in [6.07, 6.45) is 3.62. The lowest BCUT2D eigenvalue weighted by Gasteiger charge is -2.33. The molecule has 1 aliphatic rings. The molecule has 2 unspecified atom stereocenters. The van der Waals surface area contributed by atoms with Crippen molar-refractivity contribution in [3.63, 3.8) is 0 Å². The number of methoxy groups -OCH3 is 1. The summed E-state index contributed by atoms with van der Waals surface area (Å²) in [6, 6.07) is -0.146. The van der Waals surface area contributed by atoms with Gasteiger partial charge in [-0.3, -0.25) is 4.79 Å². The van der Waals surface area contributed by atoms with Crippen molar-refractivity contribution in [1.29, 1.82) is 0 Å². The fourth-order valence-corrected chi connectivity index (χ4v) is 2.06. The molecule has 2 N–H and O–H groups in total. The Labute approximate surface area is 96.8 Å². The van der Waals surface area contributed by atoms with Gasteiger partial charge in [0.2, 0.25) is 0 Å². The number of hydrogen-bond acceptors (Lipinski definition) is 4. The Morgan fingerprint density at radius 1 is 1.62 bits per heavy atom. The van der Waals surface area contributed by atoms with Gasteiger partial charge in [0.1, 0.15) is 6.04 Å². The second-order valence-corrected chi connectivity index (χ2v) is 4.38. The van der Waals surface area contributed by atoms with Gasteiger partial charge in [0.15, 0.2) is 0 Å².